The molecule has 0 radical (unpaired) electrons. The lowest BCUT2D eigenvalue weighted by Gasteiger charge is -2.11. The highest BCUT2D eigenvalue weighted by Crippen LogP contribution is 2.28. The summed E-state index contributed by atoms with van der Waals surface area (Å²) in [6.07, 6.45) is 1.44. The van der Waals surface area contributed by atoms with Gasteiger partial charge >= 0.3 is 0 Å². The van der Waals surface area contributed by atoms with Crippen LogP contribution in [0.5, 0.6) is 0 Å². The van der Waals surface area contributed by atoms with Crippen LogP contribution in [0.1, 0.15) is 11.1 Å². The molecule has 3 aromatic rings. The molecule has 3 rings (SSSR count). The summed E-state index contributed by atoms with van der Waals surface area (Å²) < 4.78 is 1.62. The van der Waals surface area contributed by atoms with Crippen molar-refractivity contribution in [1.82, 2.24) is 9.78 Å². The topological polar surface area (TPSA) is 96.8 Å². The molecule has 0 aliphatic rings. The number of aromatic nitrogens is 2. The predicted molar refractivity (Wildman–Crippen MR) is 88.9 cm³/mol. The fourth-order valence-electron chi connectivity index (χ4n) is 2.34. The Morgan fingerprint density at radius 3 is 2.58 bits per heavy atom. The van der Waals surface area contributed by atoms with E-state index in [-0.39, 0.29) is 5.69 Å². The molecule has 1 N–H and O–H groups in total. The summed E-state index contributed by atoms with van der Waals surface area (Å²) >= 11 is 0. The highest BCUT2D eigenvalue weighted by Gasteiger charge is 2.17. The van der Waals surface area contributed by atoms with Crippen LogP contribution in [0.4, 0.5) is 17.2 Å². The highest BCUT2D eigenvalue weighted by molar-refractivity contribution is 5.70. The average Bonchev–Trinajstić information content (AvgIpc) is 2.98. The normalized spacial score (nSPS) is 10.1. The first-order chi connectivity index (χ1) is 11.7. The second-order valence-electron chi connectivity index (χ2n) is 5.06. The number of anilines is 2. The van der Waals surface area contributed by atoms with Crippen LogP contribution in [-0.2, 0) is 6.54 Å². The fourth-order valence-corrected chi connectivity index (χ4v) is 2.34. The summed E-state index contributed by atoms with van der Waals surface area (Å²) in [5.74, 6) is 0.427. The third-order valence-electron chi connectivity index (χ3n) is 3.49. The molecule has 0 saturated heterocycles. The van der Waals surface area contributed by atoms with Crippen LogP contribution in [0.25, 0.3) is 0 Å². The number of nitriles is 1. The smallest absolute Gasteiger partial charge is 0.292 e. The molecular weight excluding hydrogens is 306 g/mol. The highest BCUT2D eigenvalue weighted by atomic mass is 16.6. The van der Waals surface area contributed by atoms with Gasteiger partial charge in [0.1, 0.15) is 23.1 Å². The van der Waals surface area contributed by atoms with E-state index in [1.165, 1.54) is 12.3 Å². The molecule has 1 heterocycles. The van der Waals surface area contributed by atoms with Crippen LogP contribution in [0.15, 0.2) is 60.8 Å². The van der Waals surface area contributed by atoms with Gasteiger partial charge in [0, 0.05) is 6.07 Å². The monoisotopic (exact) mass is 319 g/mol. The van der Waals surface area contributed by atoms with Crippen LogP contribution in [0.2, 0.25) is 0 Å². The van der Waals surface area contributed by atoms with Crippen molar-refractivity contribution in [3.8, 4) is 6.07 Å². The van der Waals surface area contributed by atoms with Gasteiger partial charge < -0.3 is 5.32 Å². The maximum Gasteiger partial charge on any atom is 0.292 e. The number of rotatable bonds is 5. The van der Waals surface area contributed by atoms with Gasteiger partial charge in [0.05, 0.1) is 17.7 Å². The van der Waals surface area contributed by atoms with E-state index >= 15 is 0 Å². The zero-order valence-corrected chi connectivity index (χ0v) is 12.6. The molecule has 7 nitrogen and oxygen atoms in total. The van der Waals surface area contributed by atoms with E-state index in [1.54, 1.807) is 22.9 Å². The number of hydrogen-bond donors (Lipinski definition) is 1. The Morgan fingerprint density at radius 2 is 1.88 bits per heavy atom. The summed E-state index contributed by atoms with van der Waals surface area (Å²) in [6.45, 7) is 0.450. The first kappa shape index (κ1) is 15.2. The molecule has 0 spiro atoms. The third-order valence-corrected chi connectivity index (χ3v) is 3.49. The number of nitro benzene ring substituents is 1. The van der Waals surface area contributed by atoms with Gasteiger partial charge in [-0.05, 0) is 11.6 Å². The van der Waals surface area contributed by atoms with E-state index in [2.05, 4.69) is 16.5 Å². The zero-order valence-electron chi connectivity index (χ0n) is 12.6. The van der Waals surface area contributed by atoms with Crippen molar-refractivity contribution in [1.29, 1.82) is 5.26 Å². The molecule has 0 saturated carbocycles. The van der Waals surface area contributed by atoms with Gasteiger partial charge in [-0.1, -0.05) is 42.5 Å². The zero-order chi connectivity index (χ0) is 16.9. The SMILES string of the molecule is N#Cc1cnn(Cc2ccccc2)c1Nc1ccccc1[N+](=O)[O-]. The van der Waals surface area contributed by atoms with Crippen molar-refractivity contribution in [3.05, 3.63) is 82.0 Å². The molecule has 24 heavy (non-hydrogen) atoms. The lowest BCUT2D eigenvalue weighted by Crippen LogP contribution is -2.07. The van der Waals surface area contributed by atoms with Gasteiger partial charge in [0.2, 0.25) is 0 Å². The molecule has 118 valence electrons. The second-order valence-corrected chi connectivity index (χ2v) is 5.06. The minimum Gasteiger partial charge on any atom is -0.334 e. The number of hydrogen-bond acceptors (Lipinski definition) is 5. The summed E-state index contributed by atoms with van der Waals surface area (Å²) in [5, 5.41) is 27.6. The van der Waals surface area contributed by atoms with Crippen molar-refractivity contribution in [2.24, 2.45) is 0 Å². The Bertz CT molecular complexity index is 912. The van der Waals surface area contributed by atoms with Gasteiger partial charge in [0.15, 0.2) is 0 Å². The summed E-state index contributed by atoms with van der Waals surface area (Å²) in [4.78, 5) is 10.7. The van der Waals surface area contributed by atoms with Gasteiger partial charge in [-0.3, -0.25) is 10.1 Å². The maximum absolute atomic E-state index is 11.2. The first-order valence-corrected chi connectivity index (χ1v) is 7.19. The van der Waals surface area contributed by atoms with Gasteiger partial charge in [-0.25, -0.2) is 4.68 Å². The van der Waals surface area contributed by atoms with Crippen molar-refractivity contribution >= 4 is 17.2 Å². The largest absolute Gasteiger partial charge is 0.334 e. The van der Waals surface area contributed by atoms with E-state index in [1.807, 2.05) is 30.3 Å². The molecule has 0 aliphatic heterocycles. The number of nitro groups is 1. The lowest BCUT2D eigenvalue weighted by atomic mass is 10.2. The molecule has 2 aromatic carbocycles. The molecule has 0 bridgehead atoms. The molecule has 0 atom stereocenters. The molecule has 0 aliphatic carbocycles. The Hall–Kier alpha value is -3.66. The molecular formula is C17H13N5O2. The minimum absolute atomic E-state index is 0.0612. The Morgan fingerprint density at radius 1 is 1.17 bits per heavy atom. The fraction of sp³-hybridized carbons (Fsp3) is 0.0588. The first-order valence-electron chi connectivity index (χ1n) is 7.19. The number of para-hydroxylation sites is 2. The van der Waals surface area contributed by atoms with Gasteiger partial charge in [-0.2, -0.15) is 10.4 Å². The van der Waals surface area contributed by atoms with E-state index < -0.39 is 4.92 Å². The molecule has 7 heteroatoms. The molecule has 1 aromatic heterocycles. The lowest BCUT2D eigenvalue weighted by molar-refractivity contribution is -0.383. The van der Waals surface area contributed by atoms with Gasteiger partial charge in [-0.15, -0.1) is 0 Å². The third kappa shape index (κ3) is 3.08. The van der Waals surface area contributed by atoms with Crippen molar-refractivity contribution in [2.75, 3.05) is 5.32 Å². The number of nitrogens with zero attached hydrogens (tertiary/aromatic N) is 4. The summed E-state index contributed by atoms with van der Waals surface area (Å²) in [6, 6.07) is 18.0. The van der Waals surface area contributed by atoms with Crippen molar-refractivity contribution in [2.45, 2.75) is 6.54 Å². The average molecular weight is 319 g/mol. The second kappa shape index (κ2) is 6.62. The van der Waals surface area contributed by atoms with Crippen LogP contribution in [-0.4, -0.2) is 14.7 Å². The molecule has 0 fully saturated rings. The van der Waals surface area contributed by atoms with Crippen LogP contribution in [0.3, 0.4) is 0 Å². The van der Waals surface area contributed by atoms with Crippen LogP contribution in [0, 0.1) is 21.4 Å². The Kier molecular flexibility index (Phi) is 4.21. The van der Waals surface area contributed by atoms with Crippen LogP contribution < -0.4 is 5.32 Å². The van der Waals surface area contributed by atoms with E-state index in [0.29, 0.717) is 23.6 Å². The van der Waals surface area contributed by atoms with Crippen LogP contribution >= 0.6 is 0 Å². The van der Waals surface area contributed by atoms with E-state index in [4.69, 9.17) is 0 Å². The number of benzene rings is 2. The maximum atomic E-state index is 11.2. The van der Waals surface area contributed by atoms with E-state index in [9.17, 15) is 15.4 Å². The standard InChI is InChI=1S/C17H13N5O2/c18-10-14-11-19-21(12-13-6-2-1-3-7-13)17(14)20-15-8-4-5-9-16(15)22(23)24/h1-9,11,20H,12H2. The Balaban J connectivity index is 1.98. The quantitative estimate of drug-likeness (QED) is 0.574. The number of nitrogens with one attached hydrogen (secondary N) is 1. The van der Waals surface area contributed by atoms with Gasteiger partial charge in [0.25, 0.3) is 5.69 Å². The van der Waals surface area contributed by atoms with E-state index in [0.717, 1.165) is 5.56 Å². The minimum atomic E-state index is -0.466. The summed E-state index contributed by atoms with van der Waals surface area (Å²) in [7, 11) is 0. The Labute approximate surface area is 137 Å². The summed E-state index contributed by atoms with van der Waals surface area (Å²) in [5.41, 5.74) is 1.59. The predicted octanol–water partition coefficient (Wildman–Crippen LogP) is 3.45. The molecule has 0 unspecified atom stereocenters. The van der Waals surface area contributed by atoms with Crippen molar-refractivity contribution in [3.63, 3.8) is 0 Å². The molecule has 0 amide bonds. The van der Waals surface area contributed by atoms with Crippen molar-refractivity contribution < 1.29 is 4.92 Å².